The summed E-state index contributed by atoms with van der Waals surface area (Å²) in [6.45, 7) is 3.96. The third-order valence-electron chi connectivity index (χ3n) is 2.66. The molecule has 0 aliphatic heterocycles. The molecule has 17 heavy (non-hydrogen) atoms. The molecule has 1 heterocycles. The Morgan fingerprint density at radius 2 is 1.88 bits per heavy atom. The minimum atomic E-state index is -0.0580. The van der Waals surface area contributed by atoms with Crippen molar-refractivity contribution in [1.29, 1.82) is 0 Å². The molecular formula is C14H15NO2. The summed E-state index contributed by atoms with van der Waals surface area (Å²) in [5, 5.41) is 2.92. The lowest BCUT2D eigenvalue weighted by atomic mass is 10.1. The van der Waals surface area contributed by atoms with Crippen molar-refractivity contribution in [3.8, 4) is 0 Å². The fraction of sp³-hybridized carbons (Fsp3) is 0.214. The number of furan rings is 1. The lowest BCUT2D eigenvalue weighted by molar-refractivity contribution is -0.115. The SMILES string of the molecule is Cc1cccc(C)c1NC(=O)Cc1ccco1. The fourth-order valence-electron chi connectivity index (χ4n) is 1.77. The molecule has 0 atom stereocenters. The summed E-state index contributed by atoms with van der Waals surface area (Å²) < 4.78 is 5.14. The number of hydrogen-bond donors (Lipinski definition) is 1. The summed E-state index contributed by atoms with van der Waals surface area (Å²) >= 11 is 0. The molecule has 1 aromatic carbocycles. The topological polar surface area (TPSA) is 42.2 Å². The number of rotatable bonds is 3. The van der Waals surface area contributed by atoms with Gasteiger partial charge in [-0.1, -0.05) is 18.2 Å². The molecule has 2 aromatic rings. The number of aryl methyl sites for hydroxylation is 2. The number of benzene rings is 1. The second kappa shape index (κ2) is 4.87. The second-order valence-corrected chi connectivity index (χ2v) is 4.07. The summed E-state index contributed by atoms with van der Waals surface area (Å²) in [6, 6.07) is 9.52. The number of hydrogen-bond acceptors (Lipinski definition) is 2. The first-order valence-corrected chi connectivity index (χ1v) is 5.55. The Morgan fingerprint density at radius 3 is 2.47 bits per heavy atom. The Labute approximate surface area is 100 Å². The Hall–Kier alpha value is -2.03. The predicted octanol–water partition coefficient (Wildman–Crippen LogP) is 3.08. The molecule has 0 aliphatic rings. The van der Waals surface area contributed by atoms with Crippen LogP contribution in [0.25, 0.3) is 0 Å². The van der Waals surface area contributed by atoms with Crippen LogP contribution < -0.4 is 5.32 Å². The van der Waals surface area contributed by atoms with Crippen LogP contribution in [0.1, 0.15) is 16.9 Å². The van der Waals surface area contributed by atoms with Gasteiger partial charge >= 0.3 is 0 Å². The molecule has 0 saturated carbocycles. The van der Waals surface area contributed by atoms with Crippen LogP contribution in [0.4, 0.5) is 5.69 Å². The smallest absolute Gasteiger partial charge is 0.232 e. The van der Waals surface area contributed by atoms with E-state index in [1.54, 1.807) is 18.4 Å². The average Bonchev–Trinajstić information content (AvgIpc) is 2.76. The zero-order valence-corrected chi connectivity index (χ0v) is 9.99. The van der Waals surface area contributed by atoms with E-state index in [0.29, 0.717) is 5.76 Å². The van der Waals surface area contributed by atoms with Gasteiger partial charge in [-0.15, -0.1) is 0 Å². The maximum atomic E-state index is 11.8. The Balaban J connectivity index is 2.08. The van der Waals surface area contributed by atoms with Crippen molar-refractivity contribution in [2.75, 3.05) is 5.32 Å². The molecule has 3 nitrogen and oxygen atoms in total. The Kier molecular flexibility index (Phi) is 3.28. The van der Waals surface area contributed by atoms with Crippen LogP contribution in [0.3, 0.4) is 0 Å². The van der Waals surface area contributed by atoms with Gasteiger partial charge in [-0.3, -0.25) is 4.79 Å². The van der Waals surface area contributed by atoms with Crippen molar-refractivity contribution in [1.82, 2.24) is 0 Å². The molecule has 0 saturated heterocycles. The van der Waals surface area contributed by atoms with E-state index in [1.165, 1.54) is 0 Å². The molecule has 1 aromatic heterocycles. The van der Waals surface area contributed by atoms with Crippen molar-refractivity contribution in [3.05, 3.63) is 53.5 Å². The number of amides is 1. The molecular weight excluding hydrogens is 214 g/mol. The van der Waals surface area contributed by atoms with E-state index in [0.717, 1.165) is 16.8 Å². The first kappa shape index (κ1) is 11.5. The van der Waals surface area contributed by atoms with Gasteiger partial charge in [0.05, 0.1) is 12.7 Å². The van der Waals surface area contributed by atoms with Gasteiger partial charge in [0.15, 0.2) is 0 Å². The molecule has 1 amide bonds. The standard InChI is InChI=1S/C14H15NO2/c1-10-5-3-6-11(2)14(10)15-13(16)9-12-7-4-8-17-12/h3-8H,9H2,1-2H3,(H,15,16). The van der Waals surface area contributed by atoms with E-state index >= 15 is 0 Å². The van der Waals surface area contributed by atoms with Crippen LogP contribution in [0.5, 0.6) is 0 Å². The number of para-hydroxylation sites is 1. The Morgan fingerprint density at radius 1 is 1.18 bits per heavy atom. The van der Waals surface area contributed by atoms with E-state index in [2.05, 4.69) is 5.32 Å². The number of carbonyl (C=O) groups excluding carboxylic acids is 1. The second-order valence-electron chi connectivity index (χ2n) is 4.07. The molecule has 0 spiro atoms. The number of nitrogens with one attached hydrogen (secondary N) is 1. The molecule has 0 aliphatic carbocycles. The molecule has 0 radical (unpaired) electrons. The van der Waals surface area contributed by atoms with E-state index in [4.69, 9.17) is 4.42 Å². The highest BCUT2D eigenvalue weighted by molar-refractivity contribution is 5.93. The molecule has 3 heteroatoms. The molecule has 2 rings (SSSR count). The van der Waals surface area contributed by atoms with E-state index < -0.39 is 0 Å². The highest BCUT2D eigenvalue weighted by Gasteiger charge is 2.09. The summed E-state index contributed by atoms with van der Waals surface area (Å²) in [4.78, 5) is 11.8. The fourth-order valence-corrected chi connectivity index (χ4v) is 1.77. The van der Waals surface area contributed by atoms with Crippen molar-refractivity contribution < 1.29 is 9.21 Å². The monoisotopic (exact) mass is 229 g/mol. The summed E-state index contributed by atoms with van der Waals surface area (Å²) in [5.41, 5.74) is 3.03. The van der Waals surface area contributed by atoms with Gasteiger partial charge in [0.25, 0.3) is 0 Å². The van der Waals surface area contributed by atoms with E-state index in [9.17, 15) is 4.79 Å². The zero-order valence-electron chi connectivity index (χ0n) is 9.99. The predicted molar refractivity (Wildman–Crippen MR) is 67.0 cm³/mol. The van der Waals surface area contributed by atoms with Gasteiger partial charge in [0.1, 0.15) is 5.76 Å². The maximum Gasteiger partial charge on any atom is 0.232 e. The molecule has 1 N–H and O–H groups in total. The quantitative estimate of drug-likeness (QED) is 0.878. The van der Waals surface area contributed by atoms with Gasteiger partial charge in [-0.25, -0.2) is 0 Å². The number of carbonyl (C=O) groups is 1. The van der Waals surface area contributed by atoms with Gasteiger partial charge in [-0.05, 0) is 37.1 Å². The van der Waals surface area contributed by atoms with Gasteiger partial charge in [0, 0.05) is 5.69 Å². The van der Waals surface area contributed by atoms with Crippen LogP contribution >= 0.6 is 0 Å². The van der Waals surface area contributed by atoms with E-state index in [1.807, 2.05) is 32.0 Å². The minimum Gasteiger partial charge on any atom is -0.469 e. The average molecular weight is 229 g/mol. The van der Waals surface area contributed by atoms with Crippen molar-refractivity contribution in [3.63, 3.8) is 0 Å². The van der Waals surface area contributed by atoms with Gasteiger partial charge in [-0.2, -0.15) is 0 Å². The zero-order chi connectivity index (χ0) is 12.3. The number of anilines is 1. The van der Waals surface area contributed by atoms with Crippen molar-refractivity contribution in [2.45, 2.75) is 20.3 Å². The first-order valence-electron chi connectivity index (χ1n) is 5.55. The summed E-state index contributed by atoms with van der Waals surface area (Å²) in [7, 11) is 0. The largest absolute Gasteiger partial charge is 0.469 e. The van der Waals surface area contributed by atoms with Crippen LogP contribution in [0.2, 0.25) is 0 Å². The molecule has 0 unspecified atom stereocenters. The lowest BCUT2D eigenvalue weighted by Crippen LogP contribution is -2.15. The Bertz CT molecular complexity index is 495. The first-order chi connectivity index (χ1) is 8.16. The highest BCUT2D eigenvalue weighted by atomic mass is 16.3. The van der Waals surface area contributed by atoms with Gasteiger partial charge < -0.3 is 9.73 Å². The maximum absolute atomic E-state index is 11.8. The minimum absolute atomic E-state index is 0.0580. The van der Waals surface area contributed by atoms with Crippen LogP contribution in [-0.4, -0.2) is 5.91 Å². The molecule has 0 fully saturated rings. The normalized spacial score (nSPS) is 10.2. The van der Waals surface area contributed by atoms with E-state index in [-0.39, 0.29) is 12.3 Å². The third-order valence-corrected chi connectivity index (χ3v) is 2.66. The third kappa shape index (κ3) is 2.75. The molecule has 88 valence electrons. The van der Waals surface area contributed by atoms with Crippen molar-refractivity contribution >= 4 is 11.6 Å². The summed E-state index contributed by atoms with van der Waals surface area (Å²) in [5.74, 6) is 0.617. The van der Waals surface area contributed by atoms with Gasteiger partial charge in [0.2, 0.25) is 5.91 Å². The van der Waals surface area contributed by atoms with Crippen LogP contribution in [-0.2, 0) is 11.2 Å². The van der Waals surface area contributed by atoms with Crippen LogP contribution in [0.15, 0.2) is 41.0 Å². The van der Waals surface area contributed by atoms with Crippen LogP contribution in [0, 0.1) is 13.8 Å². The summed E-state index contributed by atoms with van der Waals surface area (Å²) in [6.07, 6.45) is 1.84. The van der Waals surface area contributed by atoms with Crippen molar-refractivity contribution in [2.24, 2.45) is 0 Å². The highest BCUT2D eigenvalue weighted by Crippen LogP contribution is 2.19. The molecule has 0 bridgehead atoms. The lowest BCUT2D eigenvalue weighted by Gasteiger charge is -2.10.